The number of hydrogen-bond donors (Lipinski definition) is 0. The summed E-state index contributed by atoms with van der Waals surface area (Å²) in [7, 11) is 0. The molecule has 0 saturated carbocycles. The Morgan fingerprint density at radius 1 is 1.48 bits per heavy atom. The van der Waals surface area contributed by atoms with Crippen LogP contribution in [0.25, 0.3) is 0 Å². The third-order valence-electron chi connectivity index (χ3n) is 3.31. The maximum atomic E-state index is 12.5. The fourth-order valence-corrected chi connectivity index (χ4v) is 2.64. The third kappa shape index (κ3) is 3.71. The van der Waals surface area contributed by atoms with Gasteiger partial charge in [0, 0.05) is 30.8 Å². The first-order valence-corrected chi connectivity index (χ1v) is 7.21. The Morgan fingerprint density at radius 2 is 2.19 bits per heavy atom. The lowest BCUT2D eigenvalue weighted by atomic mass is 10.1. The molecule has 0 radical (unpaired) electrons. The van der Waals surface area contributed by atoms with Crippen LogP contribution >= 0.6 is 11.6 Å². The summed E-state index contributed by atoms with van der Waals surface area (Å²) in [5, 5.41) is 10.9. The Hall–Kier alpha value is -1.66. The smallest absolute Gasteiger partial charge is 0.270 e. The van der Waals surface area contributed by atoms with Crippen molar-refractivity contribution < 1.29 is 14.5 Å². The molecule has 1 aromatic carbocycles. The molecule has 2 rings (SSSR count). The number of hydrogen-bond acceptors (Lipinski definition) is 4. The van der Waals surface area contributed by atoms with Crippen molar-refractivity contribution in [1.82, 2.24) is 4.90 Å². The van der Waals surface area contributed by atoms with Gasteiger partial charge in [-0.2, -0.15) is 0 Å². The van der Waals surface area contributed by atoms with Gasteiger partial charge in [-0.05, 0) is 25.5 Å². The molecular weight excluding hydrogens is 296 g/mol. The maximum Gasteiger partial charge on any atom is 0.270 e. The second-order valence-corrected chi connectivity index (χ2v) is 5.56. The summed E-state index contributed by atoms with van der Waals surface area (Å²) in [5.74, 6) is 0.0781. The van der Waals surface area contributed by atoms with E-state index in [0.29, 0.717) is 30.1 Å². The van der Waals surface area contributed by atoms with E-state index >= 15 is 0 Å². The first-order chi connectivity index (χ1) is 9.90. The highest BCUT2D eigenvalue weighted by Gasteiger charge is 2.29. The first kappa shape index (κ1) is 15.7. The zero-order valence-electron chi connectivity index (χ0n) is 11.9. The second kappa shape index (κ2) is 6.41. The number of rotatable bonds is 3. The van der Waals surface area contributed by atoms with Gasteiger partial charge in [-0.15, -0.1) is 11.6 Å². The summed E-state index contributed by atoms with van der Waals surface area (Å²) in [6.07, 6.45) is -0.314. The quantitative estimate of drug-likeness (QED) is 0.488. The second-order valence-electron chi connectivity index (χ2n) is 5.25. The minimum atomic E-state index is -0.493. The van der Waals surface area contributed by atoms with E-state index in [1.807, 2.05) is 6.92 Å². The molecule has 114 valence electrons. The minimum Gasteiger partial charge on any atom is -0.370 e. The Bertz CT molecular complexity index is 564. The van der Waals surface area contributed by atoms with Gasteiger partial charge >= 0.3 is 0 Å². The number of amides is 1. The van der Waals surface area contributed by atoms with Crippen molar-refractivity contribution >= 4 is 23.2 Å². The summed E-state index contributed by atoms with van der Waals surface area (Å²) in [5.41, 5.74) is 0.931. The zero-order valence-corrected chi connectivity index (χ0v) is 12.7. The molecule has 1 aliphatic heterocycles. The summed E-state index contributed by atoms with van der Waals surface area (Å²) in [6.45, 7) is 4.45. The van der Waals surface area contributed by atoms with Crippen LogP contribution in [0, 0.1) is 17.0 Å². The molecule has 0 N–H and O–H groups in total. The highest BCUT2D eigenvalue weighted by atomic mass is 35.5. The number of nitro groups is 1. The van der Waals surface area contributed by atoms with Crippen LogP contribution in [0.2, 0.25) is 0 Å². The topological polar surface area (TPSA) is 72.7 Å². The standard InChI is InChI=1S/C14H17ClN2O4/c1-9-3-11(5-12(4-9)17(19)20)14(18)16-7-10(2)21-13(6-15)8-16/h3-5,10,13H,6-8H2,1-2H3. The van der Waals surface area contributed by atoms with Crippen LogP contribution in [-0.2, 0) is 4.74 Å². The number of carbonyl (C=O) groups is 1. The number of ether oxygens (including phenoxy) is 1. The molecule has 0 aromatic heterocycles. The molecule has 2 unspecified atom stereocenters. The largest absolute Gasteiger partial charge is 0.370 e. The summed E-state index contributed by atoms with van der Waals surface area (Å²) >= 11 is 5.80. The summed E-state index contributed by atoms with van der Waals surface area (Å²) in [6, 6.07) is 4.41. The molecule has 1 amide bonds. The van der Waals surface area contributed by atoms with E-state index in [1.165, 1.54) is 12.1 Å². The van der Waals surface area contributed by atoms with Gasteiger partial charge in [0.25, 0.3) is 11.6 Å². The predicted octanol–water partition coefficient (Wildman–Crippen LogP) is 2.37. The average Bonchev–Trinajstić information content (AvgIpc) is 2.45. The summed E-state index contributed by atoms with van der Waals surface area (Å²) in [4.78, 5) is 24.6. The van der Waals surface area contributed by atoms with Crippen molar-refractivity contribution in [2.75, 3.05) is 19.0 Å². The Balaban J connectivity index is 2.25. The van der Waals surface area contributed by atoms with Gasteiger partial charge < -0.3 is 9.64 Å². The number of nitrogens with zero attached hydrogens (tertiary/aromatic N) is 2. The highest BCUT2D eigenvalue weighted by molar-refractivity contribution is 6.18. The molecule has 2 atom stereocenters. The van der Waals surface area contributed by atoms with E-state index in [-0.39, 0.29) is 23.8 Å². The van der Waals surface area contributed by atoms with Crippen LogP contribution in [0.5, 0.6) is 0 Å². The van der Waals surface area contributed by atoms with Gasteiger partial charge in [-0.3, -0.25) is 14.9 Å². The van der Waals surface area contributed by atoms with Crippen molar-refractivity contribution in [3.05, 3.63) is 39.4 Å². The normalized spacial score (nSPS) is 22.1. The molecule has 21 heavy (non-hydrogen) atoms. The number of halogens is 1. The maximum absolute atomic E-state index is 12.5. The Labute approximate surface area is 127 Å². The van der Waals surface area contributed by atoms with E-state index in [1.54, 1.807) is 17.9 Å². The number of benzene rings is 1. The van der Waals surface area contributed by atoms with Crippen molar-refractivity contribution in [3.63, 3.8) is 0 Å². The van der Waals surface area contributed by atoms with Crippen LogP contribution in [0.3, 0.4) is 0 Å². The van der Waals surface area contributed by atoms with Crippen LogP contribution in [-0.4, -0.2) is 46.9 Å². The number of nitro benzene ring substituents is 1. The van der Waals surface area contributed by atoms with Gasteiger partial charge in [-0.1, -0.05) is 0 Å². The summed E-state index contributed by atoms with van der Waals surface area (Å²) < 4.78 is 5.60. The van der Waals surface area contributed by atoms with Gasteiger partial charge in [0.2, 0.25) is 0 Å². The molecule has 0 spiro atoms. The lowest BCUT2D eigenvalue weighted by Crippen LogP contribution is -2.49. The molecule has 6 nitrogen and oxygen atoms in total. The molecule has 0 aliphatic carbocycles. The van der Waals surface area contributed by atoms with E-state index in [4.69, 9.17) is 16.3 Å². The molecule has 1 heterocycles. The minimum absolute atomic E-state index is 0.0754. The third-order valence-corrected chi connectivity index (χ3v) is 3.65. The molecule has 1 aliphatic rings. The fourth-order valence-electron chi connectivity index (χ4n) is 2.47. The fraction of sp³-hybridized carbons (Fsp3) is 0.500. The number of alkyl halides is 1. The van der Waals surface area contributed by atoms with Crippen molar-refractivity contribution in [3.8, 4) is 0 Å². The lowest BCUT2D eigenvalue weighted by Gasteiger charge is -2.36. The molecule has 1 aromatic rings. The van der Waals surface area contributed by atoms with E-state index < -0.39 is 4.92 Å². The SMILES string of the molecule is Cc1cc(C(=O)N2CC(C)OC(CCl)C2)cc([N+](=O)[O-])c1. The molecule has 0 bridgehead atoms. The van der Waals surface area contributed by atoms with Gasteiger partial charge in [0.15, 0.2) is 0 Å². The van der Waals surface area contributed by atoms with E-state index in [9.17, 15) is 14.9 Å². The number of carbonyl (C=O) groups excluding carboxylic acids is 1. The molecule has 1 saturated heterocycles. The van der Waals surface area contributed by atoms with Crippen molar-refractivity contribution in [1.29, 1.82) is 0 Å². The highest BCUT2D eigenvalue weighted by Crippen LogP contribution is 2.20. The van der Waals surface area contributed by atoms with Crippen LogP contribution in [0.4, 0.5) is 5.69 Å². The lowest BCUT2D eigenvalue weighted by molar-refractivity contribution is -0.384. The van der Waals surface area contributed by atoms with Crippen LogP contribution in [0.15, 0.2) is 18.2 Å². The van der Waals surface area contributed by atoms with Gasteiger partial charge in [-0.25, -0.2) is 0 Å². The monoisotopic (exact) mass is 312 g/mol. The van der Waals surface area contributed by atoms with Crippen molar-refractivity contribution in [2.45, 2.75) is 26.1 Å². The zero-order chi connectivity index (χ0) is 15.6. The molecular formula is C14H17ClN2O4. The average molecular weight is 313 g/mol. The van der Waals surface area contributed by atoms with Gasteiger partial charge in [0.05, 0.1) is 23.0 Å². The van der Waals surface area contributed by atoms with E-state index in [2.05, 4.69) is 0 Å². The predicted molar refractivity (Wildman–Crippen MR) is 78.8 cm³/mol. The number of non-ortho nitro benzene ring substituents is 1. The number of aryl methyl sites for hydroxylation is 1. The van der Waals surface area contributed by atoms with Gasteiger partial charge in [0.1, 0.15) is 0 Å². The van der Waals surface area contributed by atoms with Crippen molar-refractivity contribution in [2.24, 2.45) is 0 Å². The van der Waals surface area contributed by atoms with Crippen LogP contribution in [0.1, 0.15) is 22.8 Å². The van der Waals surface area contributed by atoms with Crippen LogP contribution < -0.4 is 0 Å². The Morgan fingerprint density at radius 3 is 2.81 bits per heavy atom. The number of morpholine rings is 1. The van der Waals surface area contributed by atoms with E-state index in [0.717, 1.165) is 0 Å². The molecule has 7 heteroatoms. The first-order valence-electron chi connectivity index (χ1n) is 6.67. The molecule has 1 fully saturated rings. The Kier molecular flexibility index (Phi) is 4.80.